The predicted octanol–water partition coefficient (Wildman–Crippen LogP) is 3.92. The molecule has 0 saturated carbocycles. The smallest absolute Gasteiger partial charge is 0.411 e. The number of carboxylic acid groups (broad SMARTS) is 1. The van der Waals surface area contributed by atoms with Gasteiger partial charge in [0.25, 0.3) is 5.91 Å². The van der Waals surface area contributed by atoms with Crippen LogP contribution < -0.4 is 10.6 Å². The molecule has 4 N–H and O–H groups in total. The van der Waals surface area contributed by atoms with Gasteiger partial charge >= 0.3 is 12.1 Å². The molecule has 0 fully saturated rings. The van der Waals surface area contributed by atoms with Gasteiger partial charge in [-0.05, 0) is 53.8 Å². The highest BCUT2D eigenvalue weighted by atomic mass is 16.5. The molecule has 2 unspecified atom stereocenters. The highest BCUT2D eigenvalue weighted by molar-refractivity contribution is 5.98. The second-order valence-electron chi connectivity index (χ2n) is 8.51. The number of fused-ring (bicyclic) bond motifs is 3. The van der Waals surface area contributed by atoms with Crippen LogP contribution in [0.25, 0.3) is 11.1 Å². The van der Waals surface area contributed by atoms with Crippen LogP contribution in [0, 0.1) is 6.92 Å². The average molecular weight is 475 g/mol. The Bertz CT molecular complexity index is 1240. The van der Waals surface area contributed by atoms with Crippen molar-refractivity contribution < 1.29 is 29.3 Å². The minimum atomic E-state index is -1.46. The third kappa shape index (κ3) is 5.02. The number of hydrogen-bond acceptors (Lipinski definition) is 5. The molecule has 1 aliphatic rings. The summed E-state index contributed by atoms with van der Waals surface area (Å²) in [6.07, 6.45) is -1.94. The Morgan fingerprint density at radius 1 is 0.971 bits per heavy atom. The van der Waals surface area contributed by atoms with Crippen molar-refractivity contribution >= 4 is 23.7 Å². The summed E-state index contributed by atoms with van der Waals surface area (Å²) in [5.74, 6) is -2.12. The van der Waals surface area contributed by atoms with E-state index in [9.17, 15) is 24.6 Å². The van der Waals surface area contributed by atoms with Gasteiger partial charge in [0.1, 0.15) is 6.61 Å². The molecule has 3 aromatic carbocycles. The van der Waals surface area contributed by atoms with Gasteiger partial charge in [-0.2, -0.15) is 0 Å². The molecule has 35 heavy (non-hydrogen) atoms. The maximum absolute atomic E-state index is 12.6. The van der Waals surface area contributed by atoms with E-state index in [2.05, 4.69) is 22.8 Å². The first-order valence-electron chi connectivity index (χ1n) is 11.2. The van der Waals surface area contributed by atoms with Gasteiger partial charge in [0.05, 0.1) is 6.10 Å². The van der Waals surface area contributed by atoms with Crippen LogP contribution in [0.4, 0.5) is 10.5 Å². The number of aliphatic hydroxyl groups excluding tert-OH is 1. The number of carbonyl (C=O) groups is 3. The standard InChI is InChI=1S/C27H26N2O6/c1-15-11-12-17(25(31)29-24(16(2)30)26(32)33)13-23(15)28-27(34)35-14-22-20-9-5-3-7-18(20)19-8-4-6-10-21(19)22/h3-13,16,22,24,30H,14H2,1-2H3,(H,28,34)(H,29,31)(H,32,33). The minimum absolute atomic E-state index is 0.0835. The molecule has 180 valence electrons. The number of benzene rings is 3. The van der Waals surface area contributed by atoms with Crippen LogP contribution in [0.5, 0.6) is 0 Å². The third-order valence-electron chi connectivity index (χ3n) is 6.12. The van der Waals surface area contributed by atoms with E-state index in [-0.39, 0.29) is 18.1 Å². The van der Waals surface area contributed by atoms with Gasteiger partial charge in [-0.3, -0.25) is 10.1 Å². The highest BCUT2D eigenvalue weighted by Crippen LogP contribution is 2.44. The average Bonchev–Trinajstić information content (AvgIpc) is 3.15. The fourth-order valence-corrected chi connectivity index (χ4v) is 4.26. The van der Waals surface area contributed by atoms with Gasteiger partial charge in [0, 0.05) is 17.2 Å². The zero-order valence-corrected chi connectivity index (χ0v) is 19.3. The zero-order valence-electron chi connectivity index (χ0n) is 19.3. The summed E-state index contributed by atoms with van der Waals surface area (Å²) >= 11 is 0. The highest BCUT2D eigenvalue weighted by Gasteiger charge is 2.29. The molecular formula is C27H26N2O6. The molecular weight excluding hydrogens is 448 g/mol. The molecule has 0 bridgehead atoms. The number of aryl methyl sites for hydroxylation is 1. The van der Waals surface area contributed by atoms with Gasteiger partial charge < -0.3 is 20.3 Å². The van der Waals surface area contributed by atoms with Crippen molar-refractivity contribution in [3.8, 4) is 11.1 Å². The Balaban J connectivity index is 1.45. The van der Waals surface area contributed by atoms with Gasteiger partial charge in [0.15, 0.2) is 6.04 Å². The lowest BCUT2D eigenvalue weighted by molar-refractivity contribution is -0.141. The van der Waals surface area contributed by atoms with Crippen LogP contribution in [-0.2, 0) is 9.53 Å². The first-order chi connectivity index (χ1) is 16.8. The molecule has 3 aromatic rings. The number of hydrogen-bond donors (Lipinski definition) is 4. The fourth-order valence-electron chi connectivity index (χ4n) is 4.26. The summed E-state index contributed by atoms with van der Waals surface area (Å²) in [5.41, 5.74) is 5.65. The van der Waals surface area contributed by atoms with E-state index >= 15 is 0 Å². The molecule has 0 heterocycles. The number of carboxylic acids is 1. The van der Waals surface area contributed by atoms with E-state index < -0.39 is 30.1 Å². The molecule has 8 heteroatoms. The molecule has 4 rings (SSSR count). The Morgan fingerprint density at radius 2 is 1.57 bits per heavy atom. The van der Waals surface area contributed by atoms with Crippen LogP contribution in [-0.4, -0.2) is 46.9 Å². The lowest BCUT2D eigenvalue weighted by atomic mass is 9.98. The van der Waals surface area contributed by atoms with E-state index in [1.165, 1.54) is 19.1 Å². The Labute approximate surface area is 202 Å². The molecule has 0 saturated heterocycles. The number of carbonyl (C=O) groups excluding carboxylic acids is 2. The van der Waals surface area contributed by atoms with Crippen molar-refractivity contribution in [1.82, 2.24) is 5.32 Å². The quantitative estimate of drug-likeness (QED) is 0.411. The van der Waals surface area contributed by atoms with Gasteiger partial charge in [-0.25, -0.2) is 9.59 Å². The van der Waals surface area contributed by atoms with Crippen molar-refractivity contribution in [3.63, 3.8) is 0 Å². The number of anilines is 1. The molecule has 0 spiro atoms. The van der Waals surface area contributed by atoms with Crippen molar-refractivity contribution in [2.24, 2.45) is 0 Å². The topological polar surface area (TPSA) is 125 Å². The maximum Gasteiger partial charge on any atom is 0.411 e. The van der Waals surface area contributed by atoms with Crippen molar-refractivity contribution in [2.45, 2.75) is 31.9 Å². The molecule has 0 aliphatic heterocycles. The number of amides is 2. The maximum atomic E-state index is 12.6. The molecule has 2 atom stereocenters. The summed E-state index contributed by atoms with van der Waals surface area (Å²) in [7, 11) is 0. The van der Waals surface area contributed by atoms with Crippen LogP contribution in [0.2, 0.25) is 0 Å². The van der Waals surface area contributed by atoms with Crippen LogP contribution in [0.3, 0.4) is 0 Å². The zero-order chi connectivity index (χ0) is 25.1. The number of ether oxygens (including phenoxy) is 1. The second-order valence-corrected chi connectivity index (χ2v) is 8.51. The Hall–Kier alpha value is -4.17. The summed E-state index contributed by atoms with van der Waals surface area (Å²) < 4.78 is 5.57. The van der Waals surface area contributed by atoms with E-state index in [4.69, 9.17) is 4.74 Å². The summed E-state index contributed by atoms with van der Waals surface area (Å²) in [4.78, 5) is 36.4. The first-order valence-corrected chi connectivity index (χ1v) is 11.2. The van der Waals surface area contributed by atoms with Gasteiger partial charge in [-0.15, -0.1) is 0 Å². The minimum Gasteiger partial charge on any atom is -0.480 e. The molecule has 8 nitrogen and oxygen atoms in total. The third-order valence-corrected chi connectivity index (χ3v) is 6.12. The Kier molecular flexibility index (Phi) is 6.84. The van der Waals surface area contributed by atoms with E-state index in [1.807, 2.05) is 36.4 Å². The van der Waals surface area contributed by atoms with E-state index in [0.29, 0.717) is 11.3 Å². The molecule has 2 amide bonds. The predicted molar refractivity (Wildman–Crippen MR) is 130 cm³/mol. The summed E-state index contributed by atoms with van der Waals surface area (Å²) in [6, 6.07) is 19.2. The van der Waals surface area contributed by atoms with E-state index in [1.54, 1.807) is 13.0 Å². The van der Waals surface area contributed by atoms with Crippen LogP contribution in [0.15, 0.2) is 66.7 Å². The molecule has 0 radical (unpaired) electrons. The summed E-state index contributed by atoms with van der Waals surface area (Å²) in [6.45, 7) is 3.18. The van der Waals surface area contributed by atoms with Crippen LogP contribution >= 0.6 is 0 Å². The molecule has 0 aromatic heterocycles. The Morgan fingerprint density at radius 3 is 2.14 bits per heavy atom. The van der Waals surface area contributed by atoms with Gasteiger partial charge in [0.2, 0.25) is 0 Å². The number of aliphatic carboxylic acids is 1. The van der Waals surface area contributed by atoms with Gasteiger partial charge in [-0.1, -0.05) is 54.6 Å². The largest absolute Gasteiger partial charge is 0.480 e. The number of aliphatic hydroxyl groups is 1. The number of nitrogens with one attached hydrogen (secondary N) is 2. The lowest BCUT2D eigenvalue weighted by Gasteiger charge is -2.18. The van der Waals surface area contributed by atoms with Crippen molar-refractivity contribution in [3.05, 3.63) is 89.0 Å². The number of rotatable bonds is 7. The lowest BCUT2D eigenvalue weighted by Crippen LogP contribution is -2.47. The second kappa shape index (κ2) is 9.99. The van der Waals surface area contributed by atoms with Crippen molar-refractivity contribution in [2.75, 3.05) is 11.9 Å². The normalized spacial score (nSPS) is 13.8. The fraction of sp³-hybridized carbons (Fsp3) is 0.222. The SMILES string of the molecule is Cc1ccc(C(=O)NC(C(=O)O)C(C)O)cc1NC(=O)OCC1c2ccccc2-c2ccccc21. The van der Waals surface area contributed by atoms with Crippen LogP contribution in [0.1, 0.15) is 39.9 Å². The molecule has 1 aliphatic carbocycles. The summed E-state index contributed by atoms with van der Waals surface area (Å²) in [5, 5.41) is 23.7. The first kappa shape index (κ1) is 24.0. The monoisotopic (exact) mass is 474 g/mol. The van der Waals surface area contributed by atoms with E-state index in [0.717, 1.165) is 22.3 Å². The van der Waals surface area contributed by atoms with Crippen molar-refractivity contribution in [1.29, 1.82) is 0 Å².